The summed E-state index contributed by atoms with van der Waals surface area (Å²) in [5, 5.41) is 4.64. The number of aromatic nitrogens is 5. The van der Waals surface area contributed by atoms with Crippen molar-refractivity contribution in [2.75, 3.05) is 33.3 Å². The maximum Gasteiger partial charge on any atom is 1.00 e. The third-order valence-electron chi connectivity index (χ3n) is 5.09. The first-order valence-corrected chi connectivity index (χ1v) is 9.37. The van der Waals surface area contributed by atoms with E-state index in [-0.39, 0.29) is 30.3 Å². The van der Waals surface area contributed by atoms with Crippen molar-refractivity contribution in [3.63, 3.8) is 0 Å². The number of rotatable bonds is 4. The molecule has 4 rings (SSSR count). The van der Waals surface area contributed by atoms with E-state index in [9.17, 15) is 14.4 Å². The summed E-state index contributed by atoms with van der Waals surface area (Å²) in [6.07, 6.45) is 4.32. The summed E-state index contributed by atoms with van der Waals surface area (Å²) in [6, 6.07) is 0. The zero-order valence-electron chi connectivity index (χ0n) is 17.8. The standard InChI is InChI=1S/C19H21N7O4.Li/c1-11-22-10-26(23-11)18-16-15(14(30-3)9-21-18)13(8-20-16)17(28)19(29)25-6-4-24(5-7-25)12(2)27;/h8-10H,4-7H2,1-3H3,(H,20,21,28);/q;+1/p-1. The normalized spacial score (nSPS) is 13.8. The van der Waals surface area contributed by atoms with Crippen LogP contribution in [0, 0.1) is 6.92 Å². The molecule has 0 N–H and O–H groups in total. The summed E-state index contributed by atoms with van der Waals surface area (Å²) in [6.45, 7) is 4.64. The molecule has 0 saturated carbocycles. The van der Waals surface area contributed by atoms with Crippen molar-refractivity contribution in [2.24, 2.45) is 0 Å². The van der Waals surface area contributed by atoms with E-state index in [0.717, 1.165) is 0 Å². The van der Waals surface area contributed by atoms with Crippen LogP contribution in [0.25, 0.3) is 16.7 Å². The molecule has 12 heteroatoms. The minimum Gasteiger partial charge on any atom is -0.660 e. The van der Waals surface area contributed by atoms with Crippen LogP contribution in [-0.4, -0.2) is 80.4 Å². The van der Waals surface area contributed by atoms with Gasteiger partial charge in [-0.3, -0.25) is 14.4 Å². The number of hydrogen-bond donors (Lipinski definition) is 0. The molecule has 1 aliphatic heterocycles. The Morgan fingerprint density at radius 2 is 1.77 bits per heavy atom. The average molecular weight is 417 g/mol. The Hall–Kier alpha value is -3.16. The van der Waals surface area contributed by atoms with Crippen LogP contribution in [0.4, 0.5) is 0 Å². The molecule has 0 radical (unpaired) electrons. The monoisotopic (exact) mass is 417 g/mol. The van der Waals surface area contributed by atoms with Crippen LogP contribution in [0.3, 0.4) is 0 Å². The number of piperazine rings is 1. The minimum absolute atomic E-state index is 0. The molecule has 0 bridgehead atoms. The van der Waals surface area contributed by atoms with Crippen LogP contribution in [0.15, 0.2) is 18.7 Å². The molecule has 0 aromatic carbocycles. The van der Waals surface area contributed by atoms with Gasteiger partial charge in [-0.2, -0.15) is 11.3 Å². The summed E-state index contributed by atoms with van der Waals surface area (Å²) >= 11 is 0. The van der Waals surface area contributed by atoms with E-state index in [4.69, 9.17) is 4.74 Å². The van der Waals surface area contributed by atoms with Gasteiger partial charge in [0.1, 0.15) is 23.7 Å². The molecule has 0 aliphatic carbocycles. The van der Waals surface area contributed by atoms with Crippen molar-refractivity contribution < 1.29 is 38.0 Å². The van der Waals surface area contributed by atoms with Crippen molar-refractivity contribution in [1.29, 1.82) is 0 Å². The van der Waals surface area contributed by atoms with E-state index in [0.29, 0.717) is 54.5 Å². The molecule has 0 unspecified atom stereocenters. The quantitative estimate of drug-likeness (QED) is 0.249. The molecule has 3 aromatic heterocycles. The Kier molecular flexibility index (Phi) is 6.47. The van der Waals surface area contributed by atoms with Gasteiger partial charge in [0.15, 0.2) is 0 Å². The number of pyridine rings is 1. The second-order valence-corrected chi connectivity index (χ2v) is 6.91. The Morgan fingerprint density at radius 1 is 1.10 bits per heavy atom. The van der Waals surface area contributed by atoms with E-state index in [1.165, 1.54) is 42.3 Å². The SMILES string of the molecule is COc1cnc(-n2cnc(C)n2)c2[n-]cc(C(=O)C(=O)N3CCN(C(C)=O)CC3)c12.[Li+]. The summed E-state index contributed by atoms with van der Waals surface area (Å²) in [5.74, 6) is -0.0894. The van der Waals surface area contributed by atoms with Crippen LogP contribution in [0.5, 0.6) is 5.75 Å². The third kappa shape index (κ3) is 4.06. The van der Waals surface area contributed by atoms with E-state index >= 15 is 0 Å². The van der Waals surface area contributed by atoms with Gasteiger partial charge >= 0.3 is 18.9 Å². The Balaban J connectivity index is 0.00000272. The third-order valence-corrected chi connectivity index (χ3v) is 5.09. The summed E-state index contributed by atoms with van der Waals surface area (Å²) in [7, 11) is 1.46. The molecule has 31 heavy (non-hydrogen) atoms. The molecule has 4 heterocycles. The Morgan fingerprint density at radius 3 is 2.35 bits per heavy atom. The number of Topliss-reactive ketones (excluding diaryl/α,β-unsaturated/α-hetero) is 1. The summed E-state index contributed by atoms with van der Waals surface area (Å²) in [4.78, 5) is 53.2. The number of ketones is 1. The first-order chi connectivity index (χ1) is 14.4. The number of fused-ring (bicyclic) bond motifs is 1. The van der Waals surface area contributed by atoms with Crippen LogP contribution >= 0.6 is 0 Å². The largest absolute Gasteiger partial charge is 1.00 e. The van der Waals surface area contributed by atoms with Crippen molar-refractivity contribution in [2.45, 2.75) is 13.8 Å². The summed E-state index contributed by atoms with van der Waals surface area (Å²) < 4.78 is 6.83. The Bertz CT molecular complexity index is 1150. The Labute approximate surface area is 189 Å². The molecule has 1 saturated heterocycles. The van der Waals surface area contributed by atoms with Crippen molar-refractivity contribution in [1.82, 2.24) is 34.5 Å². The molecule has 1 fully saturated rings. The molecular weight excluding hydrogens is 397 g/mol. The molecule has 0 spiro atoms. The van der Waals surface area contributed by atoms with Gasteiger partial charge in [-0.25, -0.2) is 14.6 Å². The molecule has 156 valence electrons. The number of ether oxygens (including phenoxy) is 1. The molecule has 2 amide bonds. The van der Waals surface area contributed by atoms with Gasteiger partial charge in [-0.05, 0) is 6.92 Å². The molecule has 1 aliphatic rings. The number of carbonyl (C=O) groups is 3. The molecule has 0 atom stereocenters. The number of hydrogen-bond acceptors (Lipinski definition) is 7. The molecular formula is C19H20LiN7O4. The average Bonchev–Trinajstić information content (AvgIpc) is 3.39. The van der Waals surface area contributed by atoms with Crippen LogP contribution < -0.4 is 28.6 Å². The second-order valence-electron chi connectivity index (χ2n) is 6.91. The van der Waals surface area contributed by atoms with Gasteiger partial charge in [0.2, 0.25) is 11.7 Å². The van der Waals surface area contributed by atoms with Crippen molar-refractivity contribution in [3.8, 4) is 11.6 Å². The van der Waals surface area contributed by atoms with Gasteiger partial charge in [0.05, 0.1) is 13.3 Å². The van der Waals surface area contributed by atoms with Gasteiger partial charge in [0.25, 0.3) is 5.91 Å². The van der Waals surface area contributed by atoms with Crippen LogP contribution in [0.1, 0.15) is 23.1 Å². The first-order valence-electron chi connectivity index (χ1n) is 9.37. The molecule has 11 nitrogen and oxygen atoms in total. The van der Waals surface area contributed by atoms with E-state index in [2.05, 4.69) is 20.1 Å². The smallest absolute Gasteiger partial charge is 0.660 e. The van der Waals surface area contributed by atoms with Crippen molar-refractivity contribution >= 4 is 28.5 Å². The fraction of sp³-hybridized carbons (Fsp3) is 0.368. The van der Waals surface area contributed by atoms with E-state index in [1.807, 2.05) is 0 Å². The predicted molar refractivity (Wildman–Crippen MR) is 104 cm³/mol. The maximum absolute atomic E-state index is 13.0. The predicted octanol–water partition coefficient (Wildman–Crippen LogP) is -3.03. The van der Waals surface area contributed by atoms with E-state index < -0.39 is 11.7 Å². The van der Waals surface area contributed by atoms with E-state index in [1.54, 1.807) is 11.8 Å². The topological polar surface area (TPSA) is 125 Å². The second kappa shape index (κ2) is 8.91. The fourth-order valence-electron chi connectivity index (χ4n) is 3.48. The first kappa shape index (κ1) is 22.5. The number of amides is 2. The number of carbonyl (C=O) groups excluding carboxylic acids is 3. The van der Waals surface area contributed by atoms with Crippen LogP contribution in [0.2, 0.25) is 0 Å². The number of nitrogens with zero attached hydrogens (tertiary/aromatic N) is 7. The van der Waals surface area contributed by atoms with Crippen molar-refractivity contribution in [3.05, 3.63) is 30.1 Å². The maximum atomic E-state index is 13.0. The fourth-order valence-corrected chi connectivity index (χ4v) is 3.48. The zero-order chi connectivity index (χ0) is 21.4. The zero-order valence-corrected chi connectivity index (χ0v) is 17.8. The minimum atomic E-state index is -0.681. The molecule has 3 aromatic rings. The van der Waals surface area contributed by atoms with Gasteiger partial charge in [-0.15, -0.1) is 0 Å². The van der Waals surface area contributed by atoms with Gasteiger partial charge in [-0.1, -0.05) is 5.52 Å². The summed E-state index contributed by atoms with van der Waals surface area (Å²) in [5.41, 5.74) is 0.526. The number of aryl methyl sites for hydroxylation is 1. The van der Waals surface area contributed by atoms with Crippen LogP contribution in [-0.2, 0) is 9.59 Å². The van der Waals surface area contributed by atoms with Gasteiger partial charge in [0, 0.05) is 44.1 Å². The van der Waals surface area contributed by atoms with Gasteiger partial charge < -0.3 is 19.5 Å². The number of methoxy groups -OCH3 is 1.